The normalized spacial score (nSPS) is 10.3. The van der Waals surface area contributed by atoms with Crippen LogP contribution in [-0.4, -0.2) is 0 Å². The van der Waals surface area contributed by atoms with Crippen molar-refractivity contribution in [1.82, 2.24) is 0 Å². The van der Waals surface area contributed by atoms with Crippen LogP contribution in [0.15, 0.2) is 30.3 Å². The van der Waals surface area contributed by atoms with Gasteiger partial charge in [0.05, 0.1) is 0 Å². The van der Waals surface area contributed by atoms with Crippen molar-refractivity contribution >= 4 is 0 Å². The number of hydrogen-bond donors (Lipinski definition) is 0. The van der Waals surface area contributed by atoms with Crippen molar-refractivity contribution in [3.63, 3.8) is 0 Å². The molecule has 0 nitrogen and oxygen atoms in total. The summed E-state index contributed by atoms with van der Waals surface area (Å²) < 4.78 is 0. The summed E-state index contributed by atoms with van der Waals surface area (Å²) in [7, 11) is 0. The van der Waals surface area contributed by atoms with Gasteiger partial charge >= 0.3 is 0 Å². The van der Waals surface area contributed by atoms with E-state index in [2.05, 4.69) is 44.2 Å². The average molecular weight is 208 g/mol. The van der Waals surface area contributed by atoms with Gasteiger partial charge in [0.1, 0.15) is 0 Å². The molecule has 0 aromatic heterocycles. The summed E-state index contributed by atoms with van der Waals surface area (Å²) in [6, 6.07) is 10.7. The highest BCUT2D eigenvalue weighted by molar-refractivity contribution is 5.18. The summed E-state index contributed by atoms with van der Waals surface area (Å²) >= 11 is 0. The van der Waals surface area contributed by atoms with Crippen LogP contribution in [-0.2, 0) is 0 Å². The van der Waals surface area contributed by atoms with Gasteiger partial charge in [-0.3, -0.25) is 0 Å². The zero-order chi connectivity index (χ0) is 12.1. The third kappa shape index (κ3) is 8.23. The second-order valence-corrected chi connectivity index (χ2v) is 3.10. The van der Waals surface area contributed by atoms with Crippen LogP contribution in [0.3, 0.4) is 0 Å². The molecule has 0 radical (unpaired) electrons. The van der Waals surface area contributed by atoms with Crippen molar-refractivity contribution in [1.29, 1.82) is 0 Å². The lowest BCUT2D eigenvalue weighted by Gasteiger charge is -2.08. The summed E-state index contributed by atoms with van der Waals surface area (Å²) in [4.78, 5) is 0. The third-order valence-electron chi connectivity index (χ3n) is 2.09. The molecule has 1 unspecified atom stereocenters. The number of rotatable bonds is 3. The third-order valence-corrected chi connectivity index (χ3v) is 2.09. The van der Waals surface area contributed by atoms with E-state index in [9.17, 15) is 0 Å². The molecular formula is C15H28. The molecule has 1 atom stereocenters. The van der Waals surface area contributed by atoms with E-state index in [4.69, 9.17) is 0 Å². The molecule has 0 bridgehead atoms. The average Bonchev–Trinajstić information content (AvgIpc) is 2.36. The Morgan fingerprint density at radius 2 is 1.40 bits per heavy atom. The molecule has 0 fully saturated rings. The van der Waals surface area contributed by atoms with Gasteiger partial charge in [0.15, 0.2) is 0 Å². The van der Waals surface area contributed by atoms with Crippen molar-refractivity contribution < 1.29 is 0 Å². The zero-order valence-electron chi connectivity index (χ0n) is 11.4. The van der Waals surface area contributed by atoms with Gasteiger partial charge in [-0.1, -0.05) is 78.3 Å². The fraction of sp³-hybridized carbons (Fsp3) is 0.600. The summed E-state index contributed by atoms with van der Waals surface area (Å²) in [6.45, 7) is 12.5. The van der Waals surface area contributed by atoms with Crippen molar-refractivity contribution in [2.45, 2.75) is 60.3 Å². The van der Waals surface area contributed by atoms with E-state index in [1.54, 1.807) is 0 Å². The minimum Gasteiger partial charge on any atom is -0.0683 e. The molecule has 1 aromatic carbocycles. The van der Waals surface area contributed by atoms with E-state index < -0.39 is 0 Å². The molecular weight excluding hydrogens is 180 g/mol. The first kappa shape index (κ1) is 16.6. The molecule has 15 heavy (non-hydrogen) atoms. The van der Waals surface area contributed by atoms with Crippen molar-refractivity contribution in [2.24, 2.45) is 0 Å². The Morgan fingerprint density at radius 3 is 1.80 bits per heavy atom. The van der Waals surface area contributed by atoms with Crippen LogP contribution in [0.4, 0.5) is 0 Å². The first-order valence-corrected chi connectivity index (χ1v) is 6.39. The van der Waals surface area contributed by atoms with Crippen molar-refractivity contribution in [2.75, 3.05) is 0 Å². The maximum absolute atomic E-state index is 2.29. The van der Waals surface area contributed by atoms with Crippen LogP contribution >= 0.6 is 0 Å². The van der Waals surface area contributed by atoms with Gasteiger partial charge in [-0.25, -0.2) is 0 Å². The predicted molar refractivity (Wildman–Crippen MR) is 72.5 cm³/mol. The Hall–Kier alpha value is -0.780. The highest BCUT2D eigenvalue weighted by atomic mass is 14.1. The lowest BCUT2D eigenvalue weighted by molar-refractivity contribution is 0.665. The van der Waals surface area contributed by atoms with E-state index in [0.717, 1.165) is 5.92 Å². The topological polar surface area (TPSA) is 0 Å². The standard InChI is InChI=1S/C11H16.2C2H6/c1-3-7-10(2)11-8-5-4-6-9-11;2*1-2/h4-6,8-10H,3,7H2,1-2H3;2*1-2H3. The van der Waals surface area contributed by atoms with Gasteiger partial charge in [-0.2, -0.15) is 0 Å². The maximum atomic E-state index is 2.29. The minimum absolute atomic E-state index is 0.723. The molecule has 0 saturated heterocycles. The minimum atomic E-state index is 0.723. The van der Waals surface area contributed by atoms with Gasteiger partial charge in [0, 0.05) is 0 Å². The molecule has 0 heterocycles. The molecule has 0 aliphatic heterocycles. The molecule has 1 rings (SSSR count). The summed E-state index contributed by atoms with van der Waals surface area (Å²) in [6.07, 6.45) is 2.57. The molecule has 1 aromatic rings. The van der Waals surface area contributed by atoms with E-state index in [1.165, 1.54) is 18.4 Å². The highest BCUT2D eigenvalue weighted by Crippen LogP contribution is 2.19. The lowest BCUT2D eigenvalue weighted by Crippen LogP contribution is -1.91. The second kappa shape index (κ2) is 13.2. The van der Waals surface area contributed by atoms with E-state index in [0.29, 0.717) is 0 Å². The Morgan fingerprint density at radius 1 is 0.933 bits per heavy atom. The molecule has 0 heteroatoms. The lowest BCUT2D eigenvalue weighted by atomic mass is 9.97. The first-order valence-electron chi connectivity index (χ1n) is 6.39. The molecule has 0 amide bonds. The Balaban J connectivity index is 0. The molecule has 0 N–H and O–H groups in total. The van der Waals surface area contributed by atoms with E-state index in [1.807, 2.05) is 27.7 Å². The summed E-state index contributed by atoms with van der Waals surface area (Å²) in [5, 5.41) is 0. The van der Waals surface area contributed by atoms with Crippen molar-refractivity contribution in [3.8, 4) is 0 Å². The monoisotopic (exact) mass is 208 g/mol. The highest BCUT2D eigenvalue weighted by Gasteiger charge is 2.01. The molecule has 0 saturated carbocycles. The molecule has 0 aliphatic carbocycles. The second-order valence-electron chi connectivity index (χ2n) is 3.10. The smallest absolute Gasteiger partial charge is 0.0190 e. The van der Waals surface area contributed by atoms with Gasteiger partial charge in [-0.05, 0) is 17.9 Å². The van der Waals surface area contributed by atoms with Crippen LogP contribution in [0.1, 0.15) is 65.9 Å². The van der Waals surface area contributed by atoms with Crippen LogP contribution in [0.2, 0.25) is 0 Å². The first-order chi connectivity index (χ1) is 7.34. The van der Waals surface area contributed by atoms with Gasteiger partial charge < -0.3 is 0 Å². The summed E-state index contributed by atoms with van der Waals surface area (Å²) in [5.74, 6) is 0.723. The largest absolute Gasteiger partial charge is 0.0683 e. The Bertz CT molecular complexity index is 188. The van der Waals surface area contributed by atoms with Gasteiger partial charge in [-0.15, -0.1) is 0 Å². The van der Waals surface area contributed by atoms with Crippen LogP contribution in [0, 0.1) is 0 Å². The van der Waals surface area contributed by atoms with Crippen molar-refractivity contribution in [3.05, 3.63) is 35.9 Å². The van der Waals surface area contributed by atoms with Crippen LogP contribution < -0.4 is 0 Å². The van der Waals surface area contributed by atoms with Crippen LogP contribution in [0.5, 0.6) is 0 Å². The molecule has 0 aliphatic rings. The quantitative estimate of drug-likeness (QED) is 0.602. The van der Waals surface area contributed by atoms with E-state index >= 15 is 0 Å². The molecule has 0 spiro atoms. The van der Waals surface area contributed by atoms with E-state index in [-0.39, 0.29) is 0 Å². The number of benzene rings is 1. The maximum Gasteiger partial charge on any atom is -0.0190 e. The fourth-order valence-electron chi connectivity index (χ4n) is 1.38. The molecule has 88 valence electrons. The Labute approximate surface area is 96.7 Å². The predicted octanol–water partition coefficient (Wildman–Crippen LogP) is 5.64. The Kier molecular flexibility index (Phi) is 14.7. The van der Waals surface area contributed by atoms with Gasteiger partial charge in [0.2, 0.25) is 0 Å². The number of hydrogen-bond acceptors (Lipinski definition) is 0. The summed E-state index contributed by atoms with van der Waals surface area (Å²) in [5.41, 5.74) is 1.47. The van der Waals surface area contributed by atoms with Gasteiger partial charge in [0.25, 0.3) is 0 Å². The fourth-order valence-corrected chi connectivity index (χ4v) is 1.38. The zero-order valence-corrected chi connectivity index (χ0v) is 11.4. The van der Waals surface area contributed by atoms with Crippen LogP contribution in [0.25, 0.3) is 0 Å². The SMILES string of the molecule is CC.CC.CCCC(C)c1ccccc1.